The molecular formula is C15H24N2O6S. The van der Waals surface area contributed by atoms with Crippen LogP contribution in [0.2, 0.25) is 0 Å². The van der Waals surface area contributed by atoms with Gasteiger partial charge < -0.3 is 14.2 Å². The van der Waals surface area contributed by atoms with E-state index < -0.39 is 21.9 Å². The molecule has 136 valence electrons. The van der Waals surface area contributed by atoms with Gasteiger partial charge in [0.2, 0.25) is 0 Å². The molecule has 0 heterocycles. The Bertz CT molecular complexity index is 667. The molecule has 0 aromatic heterocycles. The summed E-state index contributed by atoms with van der Waals surface area (Å²) in [5.74, 6) is 1.10. The minimum Gasteiger partial charge on any atom is -0.493 e. The number of para-hydroxylation sites is 1. The largest absolute Gasteiger partial charge is 0.493 e. The summed E-state index contributed by atoms with van der Waals surface area (Å²) in [7, 11) is -0.973. The van der Waals surface area contributed by atoms with Crippen LogP contribution in [0.4, 0.5) is 4.79 Å². The molecule has 1 aromatic rings. The Morgan fingerprint density at radius 2 is 1.83 bits per heavy atom. The highest BCUT2D eigenvalue weighted by atomic mass is 32.2. The first-order valence-electron chi connectivity index (χ1n) is 7.28. The highest BCUT2D eigenvalue weighted by molar-refractivity contribution is 7.88. The van der Waals surface area contributed by atoms with Crippen molar-refractivity contribution in [3.8, 4) is 11.5 Å². The lowest BCUT2D eigenvalue weighted by Gasteiger charge is -2.19. The maximum atomic E-state index is 11.8. The van der Waals surface area contributed by atoms with Gasteiger partial charge in [0, 0.05) is 6.54 Å². The van der Waals surface area contributed by atoms with E-state index in [1.165, 1.54) is 14.2 Å². The molecule has 1 rings (SSSR count). The molecule has 0 fully saturated rings. The summed E-state index contributed by atoms with van der Waals surface area (Å²) in [4.78, 5) is 11.5. The van der Waals surface area contributed by atoms with Gasteiger partial charge in [0.25, 0.3) is 0 Å². The van der Waals surface area contributed by atoms with Crippen LogP contribution in [0, 0.1) is 0 Å². The lowest BCUT2D eigenvalue weighted by Crippen LogP contribution is -2.43. The summed E-state index contributed by atoms with van der Waals surface area (Å²) < 4.78 is 43.1. The van der Waals surface area contributed by atoms with Crippen molar-refractivity contribution in [2.24, 2.45) is 0 Å². The summed E-state index contributed by atoms with van der Waals surface area (Å²) in [6.07, 6.45) is -0.677. The van der Waals surface area contributed by atoms with Gasteiger partial charge in [-0.2, -0.15) is 13.1 Å². The van der Waals surface area contributed by atoms with Crippen LogP contribution in [-0.2, 0) is 21.4 Å². The zero-order chi connectivity index (χ0) is 18.4. The number of hydrogen-bond donors (Lipinski definition) is 2. The molecule has 0 aliphatic heterocycles. The number of methoxy groups -OCH3 is 2. The number of rotatable bonds is 7. The highest BCUT2D eigenvalue weighted by Crippen LogP contribution is 2.30. The highest BCUT2D eigenvalue weighted by Gasteiger charge is 2.21. The number of carbonyl (C=O) groups is 1. The normalized spacial score (nSPS) is 11.7. The van der Waals surface area contributed by atoms with Crippen LogP contribution in [0.25, 0.3) is 0 Å². The van der Waals surface area contributed by atoms with Gasteiger partial charge in [-0.25, -0.2) is 9.52 Å². The van der Waals surface area contributed by atoms with Crippen molar-refractivity contribution in [2.45, 2.75) is 32.8 Å². The van der Waals surface area contributed by atoms with Gasteiger partial charge in [0.05, 0.1) is 14.2 Å². The molecule has 1 aromatic carbocycles. The third-order valence-corrected chi connectivity index (χ3v) is 3.81. The summed E-state index contributed by atoms with van der Waals surface area (Å²) >= 11 is 0. The molecule has 0 spiro atoms. The molecule has 0 saturated carbocycles. The summed E-state index contributed by atoms with van der Waals surface area (Å²) in [5.41, 5.74) is -0.00933. The van der Waals surface area contributed by atoms with Gasteiger partial charge in [0.15, 0.2) is 11.5 Å². The number of nitrogens with one attached hydrogen (secondary N) is 2. The molecule has 1 amide bonds. The zero-order valence-corrected chi connectivity index (χ0v) is 15.3. The van der Waals surface area contributed by atoms with Crippen molar-refractivity contribution in [2.75, 3.05) is 20.8 Å². The minimum absolute atomic E-state index is 0.0711. The van der Waals surface area contributed by atoms with E-state index in [2.05, 4.69) is 4.72 Å². The van der Waals surface area contributed by atoms with E-state index in [4.69, 9.17) is 14.2 Å². The van der Waals surface area contributed by atoms with Crippen molar-refractivity contribution in [3.63, 3.8) is 0 Å². The Labute approximate surface area is 142 Å². The monoisotopic (exact) mass is 360 g/mol. The van der Waals surface area contributed by atoms with Gasteiger partial charge in [-0.1, -0.05) is 12.1 Å². The van der Waals surface area contributed by atoms with Crippen LogP contribution < -0.4 is 18.9 Å². The van der Waals surface area contributed by atoms with Crippen LogP contribution in [0.5, 0.6) is 11.5 Å². The van der Waals surface area contributed by atoms with E-state index >= 15 is 0 Å². The SMILES string of the molecule is COc1cccc(CCNS(=O)(=O)NC(=O)OC(C)(C)C)c1OC. The smallest absolute Gasteiger partial charge is 0.422 e. The maximum Gasteiger partial charge on any atom is 0.422 e. The molecule has 0 atom stereocenters. The fourth-order valence-corrected chi connectivity index (χ4v) is 2.62. The summed E-state index contributed by atoms with van der Waals surface area (Å²) in [6, 6.07) is 5.33. The predicted molar refractivity (Wildman–Crippen MR) is 89.5 cm³/mol. The standard InChI is InChI=1S/C15H24N2O6S/c1-15(2,3)23-14(18)17-24(19,20)16-10-9-11-7-6-8-12(21-4)13(11)22-5/h6-8,16H,9-10H2,1-5H3,(H,17,18). The van der Waals surface area contributed by atoms with E-state index in [-0.39, 0.29) is 6.54 Å². The van der Waals surface area contributed by atoms with Gasteiger partial charge in [-0.15, -0.1) is 0 Å². The van der Waals surface area contributed by atoms with E-state index in [1.807, 2.05) is 0 Å². The Morgan fingerprint density at radius 3 is 2.38 bits per heavy atom. The molecule has 8 nitrogen and oxygen atoms in total. The number of hydrogen-bond acceptors (Lipinski definition) is 6. The average molecular weight is 360 g/mol. The van der Waals surface area contributed by atoms with Gasteiger partial charge in [-0.05, 0) is 38.8 Å². The molecular weight excluding hydrogens is 336 g/mol. The molecule has 2 N–H and O–H groups in total. The average Bonchev–Trinajstić information content (AvgIpc) is 2.43. The second kappa shape index (κ2) is 8.20. The van der Waals surface area contributed by atoms with Crippen LogP contribution in [0.15, 0.2) is 18.2 Å². The van der Waals surface area contributed by atoms with Gasteiger partial charge in [0.1, 0.15) is 5.60 Å². The van der Waals surface area contributed by atoms with E-state index in [1.54, 1.807) is 43.7 Å². The Kier molecular flexibility index (Phi) is 6.85. The second-order valence-corrected chi connectivity index (χ2v) is 7.40. The molecule has 0 saturated heterocycles. The first kappa shape index (κ1) is 20.0. The topological polar surface area (TPSA) is 103 Å². The third-order valence-electron chi connectivity index (χ3n) is 2.79. The molecule has 0 bridgehead atoms. The van der Waals surface area contributed by atoms with Crippen LogP contribution >= 0.6 is 0 Å². The molecule has 0 aliphatic rings. The van der Waals surface area contributed by atoms with Gasteiger partial charge >= 0.3 is 16.3 Å². The molecule has 0 radical (unpaired) electrons. The fourth-order valence-electron chi connectivity index (χ4n) is 1.92. The number of ether oxygens (including phenoxy) is 3. The van der Waals surface area contributed by atoms with Crippen molar-refractivity contribution >= 4 is 16.3 Å². The fraction of sp³-hybridized carbons (Fsp3) is 0.533. The van der Waals surface area contributed by atoms with Crippen molar-refractivity contribution in [1.29, 1.82) is 0 Å². The Morgan fingerprint density at radius 1 is 1.17 bits per heavy atom. The summed E-state index contributed by atoms with van der Waals surface area (Å²) in [6.45, 7) is 4.99. The van der Waals surface area contributed by atoms with Crippen LogP contribution in [0.1, 0.15) is 26.3 Å². The van der Waals surface area contributed by atoms with Crippen molar-refractivity contribution < 1.29 is 27.4 Å². The number of amides is 1. The maximum absolute atomic E-state index is 11.8. The van der Waals surface area contributed by atoms with Crippen molar-refractivity contribution in [3.05, 3.63) is 23.8 Å². The quantitative estimate of drug-likeness (QED) is 0.766. The summed E-state index contributed by atoms with van der Waals surface area (Å²) in [5, 5.41) is 0. The number of carbonyl (C=O) groups excluding carboxylic acids is 1. The van der Waals surface area contributed by atoms with Crippen LogP contribution in [-0.4, -0.2) is 40.9 Å². The molecule has 0 aliphatic carbocycles. The Balaban J connectivity index is 2.62. The van der Waals surface area contributed by atoms with E-state index in [0.29, 0.717) is 17.9 Å². The third kappa shape index (κ3) is 6.63. The first-order valence-corrected chi connectivity index (χ1v) is 8.76. The number of benzene rings is 1. The second-order valence-electron chi connectivity index (χ2n) is 5.90. The molecule has 0 unspecified atom stereocenters. The van der Waals surface area contributed by atoms with Gasteiger partial charge in [-0.3, -0.25) is 0 Å². The Hall–Kier alpha value is -2.00. The lowest BCUT2D eigenvalue weighted by molar-refractivity contribution is 0.0569. The molecule has 24 heavy (non-hydrogen) atoms. The van der Waals surface area contributed by atoms with E-state index in [0.717, 1.165) is 5.56 Å². The van der Waals surface area contributed by atoms with Crippen LogP contribution in [0.3, 0.4) is 0 Å². The first-order chi connectivity index (χ1) is 11.1. The van der Waals surface area contributed by atoms with E-state index in [9.17, 15) is 13.2 Å². The lowest BCUT2D eigenvalue weighted by atomic mass is 10.1. The van der Waals surface area contributed by atoms with Crippen molar-refractivity contribution in [1.82, 2.24) is 9.44 Å². The predicted octanol–water partition coefficient (Wildman–Crippen LogP) is 1.61. The minimum atomic E-state index is -4.01. The molecule has 9 heteroatoms. The zero-order valence-electron chi connectivity index (χ0n) is 14.5.